The maximum Gasteiger partial charge on any atom is 0.205 e. The topological polar surface area (TPSA) is 92.9 Å². The number of anilines is 1. The van der Waals surface area contributed by atoms with Gasteiger partial charge in [-0.2, -0.15) is 14.9 Å². The van der Waals surface area contributed by atoms with Crippen LogP contribution in [0.5, 0.6) is 0 Å². The number of hydrogen-bond acceptors (Lipinski definition) is 5. The summed E-state index contributed by atoms with van der Waals surface area (Å²) in [5.41, 5.74) is 8.09. The summed E-state index contributed by atoms with van der Waals surface area (Å²) >= 11 is 0. The van der Waals surface area contributed by atoms with Crippen molar-refractivity contribution in [2.45, 2.75) is 0 Å². The highest BCUT2D eigenvalue weighted by Crippen LogP contribution is 2.20. The lowest BCUT2D eigenvalue weighted by atomic mass is 10.2. The second-order valence-electron chi connectivity index (χ2n) is 3.71. The Kier molecular flexibility index (Phi) is 2.17. The van der Waals surface area contributed by atoms with Crippen molar-refractivity contribution in [2.24, 2.45) is 0 Å². The van der Waals surface area contributed by atoms with Gasteiger partial charge in [0, 0.05) is 11.6 Å². The quantitative estimate of drug-likeness (QED) is 0.686. The molecule has 0 radical (unpaired) electrons. The van der Waals surface area contributed by atoms with Crippen LogP contribution in [0.2, 0.25) is 0 Å². The molecular weight excluding hydrogens is 228 g/mol. The van der Waals surface area contributed by atoms with Gasteiger partial charge in [-0.15, -0.1) is 10.2 Å². The molecule has 0 amide bonds. The number of nitriles is 1. The first-order valence-electron chi connectivity index (χ1n) is 5.27. The van der Waals surface area contributed by atoms with Gasteiger partial charge in [0.25, 0.3) is 0 Å². The third-order valence-corrected chi connectivity index (χ3v) is 2.59. The van der Waals surface area contributed by atoms with Gasteiger partial charge in [0.05, 0.1) is 5.69 Å². The van der Waals surface area contributed by atoms with E-state index in [1.807, 2.05) is 36.4 Å². The van der Waals surface area contributed by atoms with Crippen LogP contribution in [-0.2, 0) is 0 Å². The van der Waals surface area contributed by atoms with Gasteiger partial charge >= 0.3 is 0 Å². The van der Waals surface area contributed by atoms with Crippen LogP contribution in [0.4, 0.5) is 5.82 Å². The maximum atomic E-state index is 8.83. The molecule has 6 heteroatoms. The molecule has 86 valence electrons. The summed E-state index contributed by atoms with van der Waals surface area (Å²) in [6, 6.07) is 13.3. The molecule has 0 unspecified atom stereocenters. The van der Waals surface area contributed by atoms with E-state index in [9.17, 15) is 0 Å². The molecule has 18 heavy (non-hydrogen) atoms. The largest absolute Gasteiger partial charge is 0.381 e. The molecule has 2 N–H and O–H groups in total. The monoisotopic (exact) mass is 236 g/mol. The molecular formula is C12H8N6. The zero-order valence-corrected chi connectivity index (χ0v) is 9.28. The summed E-state index contributed by atoms with van der Waals surface area (Å²) in [4.78, 5) is 0. The highest BCUT2D eigenvalue weighted by molar-refractivity contribution is 5.65. The van der Waals surface area contributed by atoms with E-state index in [4.69, 9.17) is 11.0 Å². The van der Waals surface area contributed by atoms with Crippen LogP contribution in [0.25, 0.3) is 16.9 Å². The number of nitrogens with zero attached hydrogens (tertiary/aromatic N) is 5. The number of nitrogen functional groups attached to an aromatic ring is 1. The van der Waals surface area contributed by atoms with E-state index < -0.39 is 0 Å². The third-order valence-electron chi connectivity index (χ3n) is 2.59. The summed E-state index contributed by atoms with van der Waals surface area (Å²) < 4.78 is 1.42. The SMILES string of the molecule is N#Cc1nnc2cc(-c3ccccc3)nn2c1N. The van der Waals surface area contributed by atoms with Crippen molar-refractivity contribution >= 4 is 11.5 Å². The Bertz CT molecular complexity index is 753. The molecule has 0 atom stereocenters. The number of aromatic nitrogens is 4. The van der Waals surface area contributed by atoms with Crippen molar-refractivity contribution < 1.29 is 0 Å². The predicted octanol–water partition coefficient (Wildman–Crippen LogP) is 1.25. The molecule has 1 aromatic carbocycles. The van der Waals surface area contributed by atoms with Gasteiger partial charge in [0.15, 0.2) is 11.5 Å². The first-order chi connectivity index (χ1) is 8.79. The Morgan fingerprint density at radius 1 is 1.17 bits per heavy atom. The van der Waals surface area contributed by atoms with Gasteiger partial charge in [-0.05, 0) is 0 Å². The molecule has 0 saturated carbocycles. The van der Waals surface area contributed by atoms with Crippen LogP contribution in [0.15, 0.2) is 36.4 Å². The first-order valence-corrected chi connectivity index (χ1v) is 5.27. The molecule has 0 saturated heterocycles. The van der Waals surface area contributed by atoms with Gasteiger partial charge in [-0.25, -0.2) is 0 Å². The van der Waals surface area contributed by atoms with E-state index in [0.29, 0.717) is 5.65 Å². The Balaban J connectivity index is 2.24. The lowest BCUT2D eigenvalue weighted by Crippen LogP contribution is -2.05. The number of fused-ring (bicyclic) bond motifs is 1. The second kappa shape index (κ2) is 3.82. The average molecular weight is 236 g/mol. The summed E-state index contributed by atoms with van der Waals surface area (Å²) in [5, 5.41) is 20.8. The van der Waals surface area contributed by atoms with E-state index in [0.717, 1.165) is 11.3 Å². The molecule has 3 aromatic rings. The van der Waals surface area contributed by atoms with Gasteiger partial charge in [0.1, 0.15) is 6.07 Å². The van der Waals surface area contributed by atoms with E-state index in [2.05, 4.69) is 15.3 Å². The minimum absolute atomic E-state index is 0.0743. The zero-order valence-electron chi connectivity index (χ0n) is 9.28. The summed E-state index contributed by atoms with van der Waals surface area (Å²) in [6.07, 6.45) is 0. The van der Waals surface area contributed by atoms with Crippen molar-refractivity contribution in [3.63, 3.8) is 0 Å². The number of benzene rings is 1. The molecule has 2 aromatic heterocycles. The fourth-order valence-corrected chi connectivity index (χ4v) is 1.70. The lowest BCUT2D eigenvalue weighted by Gasteiger charge is -1.97. The fraction of sp³-hybridized carbons (Fsp3) is 0. The van der Waals surface area contributed by atoms with E-state index >= 15 is 0 Å². The number of nitrogens with two attached hydrogens (primary N) is 1. The highest BCUT2D eigenvalue weighted by Gasteiger charge is 2.11. The Hall–Kier alpha value is -2.94. The van der Waals surface area contributed by atoms with Gasteiger partial charge < -0.3 is 5.73 Å². The van der Waals surface area contributed by atoms with Crippen LogP contribution in [-0.4, -0.2) is 19.8 Å². The minimum atomic E-state index is 0.0743. The van der Waals surface area contributed by atoms with Gasteiger partial charge in [0.2, 0.25) is 5.69 Å². The molecule has 0 bridgehead atoms. The predicted molar refractivity (Wildman–Crippen MR) is 65.3 cm³/mol. The lowest BCUT2D eigenvalue weighted by molar-refractivity contribution is 0.894. The Morgan fingerprint density at radius 3 is 2.67 bits per heavy atom. The summed E-state index contributed by atoms with van der Waals surface area (Å²) in [7, 11) is 0. The molecule has 2 heterocycles. The second-order valence-corrected chi connectivity index (χ2v) is 3.71. The van der Waals surface area contributed by atoms with Crippen molar-refractivity contribution in [3.05, 3.63) is 42.1 Å². The van der Waals surface area contributed by atoms with Crippen molar-refractivity contribution in [3.8, 4) is 17.3 Å². The zero-order chi connectivity index (χ0) is 12.5. The summed E-state index contributed by atoms with van der Waals surface area (Å²) in [6.45, 7) is 0. The average Bonchev–Trinajstić information content (AvgIpc) is 2.85. The Morgan fingerprint density at radius 2 is 1.94 bits per heavy atom. The van der Waals surface area contributed by atoms with Crippen LogP contribution in [0.1, 0.15) is 5.69 Å². The van der Waals surface area contributed by atoms with Crippen LogP contribution >= 0.6 is 0 Å². The number of rotatable bonds is 1. The molecule has 0 aliphatic rings. The van der Waals surface area contributed by atoms with E-state index in [1.54, 1.807) is 6.07 Å². The highest BCUT2D eigenvalue weighted by atomic mass is 15.3. The van der Waals surface area contributed by atoms with Crippen LogP contribution < -0.4 is 5.73 Å². The molecule has 0 fully saturated rings. The van der Waals surface area contributed by atoms with Crippen molar-refractivity contribution in [2.75, 3.05) is 5.73 Å². The molecule has 0 aliphatic carbocycles. The minimum Gasteiger partial charge on any atom is -0.381 e. The van der Waals surface area contributed by atoms with E-state index in [-0.39, 0.29) is 11.5 Å². The number of hydrogen-bond donors (Lipinski definition) is 1. The smallest absolute Gasteiger partial charge is 0.205 e. The molecule has 0 aliphatic heterocycles. The maximum absolute atomic E-state index is 8.83. The van der Waals surface area contributed by atoms with Crippen LogP contribution in [0, 0.1) is 11.3 Å². The van der Waals surface area contributed by atoms with Crippen LogP contribution in [0.3, 0.4) is 0 Å². The first kappa shape index (κ1) is 10.2. The fourth-order valence-electron chi connectivity index (χ4n) is 1.70. The Labute approximate surface area is 102 Å². The van der Waals surface area contributed by atoms with Crippen molar-refractivity contribution in [1.29, 1.82) is 5.26 Å². The van der Waals surface area contributed by atoms with Gasteiger partial charge in [-0.1, -0.05) is 30.3 Å². The van der Waals surface area contributed by atoms with Crippen molar-refractivity contribution in [1.82, 2.24) is 19.8 Å². The summed E-state index contributed by atoms with van der Waals surface area (Å²) in [5.74, 6) is 0.199. The standard InChI is InChI=1S/C12H8N6/c13-7-10-12(14)18-11(16-15-10)6-9(17-18)8-4-2-1-3-5-8/h1-6H,14H2. The molecule has 6 nitrogen and oxygen atoms in total. The van der Waals surface area contributed by atoms with E-state index in [1.165, 1.54) is 4.52 Å². The molecule has 3 rings (SSSR count). The molecule has 0 spiro atoms. The third kappa shape index (κ3) is 1.46. The normalized spacial score (nSPS) is 10.4. The van der Waals surface area contributed by atoms with Gasteiger partial charge in [-0.3, -0.25) is 0 Å².